The highest BCUT2D eigenvalue weighted by Gasteiger charge is 2.46. The van der Waals surface area contributed by atoms with Crippen molar-refractivity contribution in [3.8, 4) is 0 Å². The monoisotopic (exact) mass is 214 g/mol. The molecule has 0 saturated heterocycles. The zero-order valence-corrected chi connectivity index (χ0v) is 8.01. The van der Waals surface area contributed by atoms with Gasteiger partial charge in [-0.1, -0.05) is 17.7 Å². The second kappa shape index (κ2) is 2.95. The molecular weight excluding hydrogens is 207 g/mol. The average molecular weight is 215 g/mol. The fourth-order valence-electron chi connectivity index (χ4n) is 1.80. The van der Waals surface area contributed by atoms with Crippen molar-refractivity contribution < 1.29 is 14.3 Å². The van der Waals surface area contributed by atoms with Gasteiger partial charge < -0.3 is 5.11 Å². The number of aryl methyl sites for hydroxylation is 1. The molecule has 0 radical (unpaired) electrons. The normalized spacial score (nSPS) is 24.7. The highest BCUT2D eigenvalue weighted by molar-refractivity contribution is 6.30. The summed E-state index contributed by atoms with van der Waals surface area (Å²) in [5.41, 5.74) is -1.31. The molecule has 1 atom stereocenters. The Bertz CT molecular complexity index is 405. The van der Waals surface area contributed by atoms with Crippen molar-refractivity contribution in [2.24, 2.45) is 0 Å². The molecule has 0 aromatic heterocycles. The van der Waals surface area contributed by atoms with E-state index >= 15 is 0 Å². The van der Waals surface area contributed by atoms with Gasteiger partial charge in [0, 0.05) is 17.0 Å². The van der Waals surface area contributed by atoms with E-state index in [1.165, 1.54) is 6.07 Å². The molecular formula is C10H8ClFO2. The van der Waals surface area contributed by atoms with Crippen LogP contribution in [0.1, 0.15) is 17.5 Å². The zero-order valence-electron chi connectivity index (χ0n) is 7.26. The molecule has 4 heteroatoms. The molecule has 1 N–H and O–H groups in total. The summed E-state index contributed by atoms with van der Waals surface area (Å²) in [6, 6.07) is 4.73. The summed E-state index contributed by atoms with van der Waals surface area (Å²) in [6.07, 6.45) is 0.452. The molecule has 1 aliphatic carbocycles. The molecule has 14 heavy (non-hydrogen) atoms. The van der Waals surface area contributed by atoms with E-state index in [1.807, 2.05) is 0 Å². The summed E-state index contributed by atoms with van der Waals surface area (Å²) in [5, 5.41) is 9.16. The number of aliphatic carboxylic acids is 1. The lowest BCUT2D eigenvalue weighted by Crippen LogP contribution is -2.27. The van der Waals surface area contributed by atoms with E-state index in [2.05, 4.69) is 0 Å². The van der Waals surface area contributed by atoms with Gasteiger partial charge >= 0.3 is 5.97 Å². The first-order chi connectivity index (χ1) is 6.54. The first-order valence-electron chi connectivity index (χ1n) is 4.25. The summed E-state index contributed by atoms with van der Waals surface area (Å²) in [7, 11) is 0. The number of carboxylic acid groups (broad SMARTS) is 1. The van der Waals surface area contributed by atoms with Crippen molar-refractivity contribution in [3.05, 3.63) is 34.3 Å². The predicted octanol–water partition coefficient (Wildman–Crippen LogP) is 2.54. The number of halogens is 2. The third-order valence-electron chi connectivity index (χ3n) is 2.58. The minimum Gasteiger partial charge on any atom is -0.479 e. The Kier molecular flexibility index (Phi) is 2.00. The lowest BCUT2D eigenvalue weighted by atomic mass is 9.98. The lowest BCUT2D eigenvalue weighted by Gasteiger charge is -2.14. The van der Waals surface area contributed by atoms with Gasteiger partial charge in [0.2, 0.25) is 5.67 Å². The highest BCUT2D eigenvalue weighted by atomic mass is 35.5. The van der Waals surface area contributed by atoms with Crippen LogP contribution in [0.5, 0.6) is 0 Å². The number of benzene rings is 1. The predicted molar refractivity (Wildman–Crippen MR) is 50.2 cm³/mol. The maximum atomic E-state index is 13.9. The average Bonchev–Trinajstić information content (AvgIpc) is 2.46. The van der Waals surface area contributed by atoms with Crippen molar-refractivity contribution in [3.63, 3.8) is 0 Å². The molecule has 0 fully saturated rings. The van der Waals surface area contributed by atoms with Gasteiger partial charge in [0.05, 0.1) is 0 Å². The minimum atomic E-state index is -2.25. The van der Waals surface area contributed by atoms with Crippen LogP contribution < -0.4 is 0 Å². The van der Waals surface area contributed by atoms with Gasteiger partial charge in [0.15, 0.2) is 0 Å². The van der Waals surface area contributed by atoms with E-state index in [0.717, 1.165) is 5.56 Å². The smallest absolute Gasteiger partial charge is 0.346 e. The van der Waals surface area contributed by atoms with Gasteiger partial charge in [-0.2, -0.15) is 0 Å². The standard InChI is InChI=1S/C10H8ClFO2/c11-7-2-1-6-3-4-10(12,9(13)14)8(6)5-7/h1-2,5H,3-4H2,(H,13,14). The number of alkyl halides is 1. The van der Waals surface area contributed by atoms with Crippen LogP contribution in [-0.2, 0) is 16.9 Å². The molecule has 0 spiro atoms. The number of hydrogen-bond acceptors (Lipinski definition) is 1. The summed E-state index contributed by atoms with van der Waals surface area (Å²) in [5.74, 6) is -1.43. The second-order valence-electron chi connectivity index (χ2n) is 3.41. The Morgan fingerprint density at radius 1 is 1.57 bits per heavy atom. The molecule has 1 aromatic carbocycles. The van der Waals surface area contributed by atoms with E-state index in [-0.39, 0.29) is 12.0 Å². The topological polar surface area (TPSA) is 37.3 Å². The van der Waals surface area contributed by atoms with E-state index < -0.39 is 11.6 Å². The Morgan fingerprint density at radius 2 is 2.29 bits per heavy atom. The molecule has 1 aromatic rings. The number of carboxylic acids is 1. The molecule has 0 bridgehead atoms. The van der Waals surface area contributed by atoms with E-state index in [0.29, 0.717) is 11.4 Å². The molecule has 74 valence electrons. The SMILES string of the molecule is O=C(O)C1(F)CCc2ccc(Cl)cc21. The quantitative estimate of drug-likeness (QED) is 0.780. The van der Waals surface area contributed by atoms with Crippen LogP contribution in [0.25, 0.3) is 0 Å². The highest BCUT2D eigenvalue weighted by Crippen LogP contribution is 2.41. The van der Waals surface area contributed by atoms with Gasteiger partial charge in [0.25, 0.3) is 0 Å². The van der Waals surface area contributed by atoms with Gasteiger partial charge in [-0.3, -0.25) is 0 Å². The molecule has 0 saturated carbocycles. The van der Waals surface area contributed by atoms with Crippen molar-refractivity contribution in [2.75, 3.05) is 0 Å². The third-order valence-corrected chi connectivity index (χ3v) is 2.81. The lowest BCUT2D eigenvalue weighted by molar-refractivity contribution is -0.151. The Labute approximate surface area is 85.3 Å². The molecule has 1 aliphatic rings. The van der Waals surface area contributed by atoms with E-state index in [1.54, 1.807) is 12.1 Å². The fraction of sp³-hybridized carbons (Fsp3) is 0.300. The van der Waals surface area contributed by atoms with E-state index in [9.17, 15) is 9.18 Å². The molecule has 0 aliphatic heterocycles. The third kappa shape index (κ3) is 1.20. The number of fused-ring (bicyclic) bond motifs is 1. The number of carbonyl (C=O) groups is 1. The van der Waals surface area contributed by atoms with Crippen LogP contribution in [0.2, 0.25) is 5.02 Å². The van der Waals surface area contributed by atoms with Crippen LogP contribution in [0.15, 0.2) is 18.2 Å². The van der Waals surface area contributed by atoms with Crippen molar-refractivity contribution in [2.45, 2.75) is 18.5 Å². The molecule has 2 nitrogen and oxygen atoms in total. The summed E-state index contributed by atoms with van der Waals surface area (Å²) in [4.78, 5) is 10.8. The fourth-order valence-corrected chi connectivity index (χ4v) is 1.97. The summed E-state index contributed by atoms with van der Waals surface area (Å²) >= 11 is 5.70. The van der Waals surface area contributed by atoms with Crippen molar-refractivity contribution in [1.82, 2.24) is 0 Å². The largest absolute Gasteiger partial charge is 0.479 e. The Morgan fingerprint density at radius 3 is 2.93 bits per heavy atom. The summed E-state index contributed by atoms with van der Waals surface area (Å²) in [6.45, 7) is 0. The molecule has 1 unspecified atom stereocenters. The van der Waals surface area contributed by atoms with Gasteiger partial charge in [0.1, 0.15) is 0 Å². The molecule has 2 rings (SSSR count). The molecule has 0 heterocycles. The Hall–Kier alpha value is -1.09. The second-order valence-corrected chi connectivity index (χ2v) is 3.84. The van der Waals surface area contributed by atoms with Crippen molar-refractivity contribution >= 4 is 17.6 Å². The minimum absolute atomic E-state index is 0.00198. The first-order valence-corrected chi connectivity index (χ1v) is 4.63. The maximum Gasteiger partial charge on any atom is 0.346 e. The van der Waals surface area contributed by atoms with Crippen LogP contribution >= 0.6 is 11.6 Å². The van der Waals surface area contributed by atoms with Crippen LogP contribution in [0.3, 0.4) is 0 Å². The van der Waals surface area contributed by atoms with Gasteiger partial charge in [-0.25, -0.2) is 9.18 Å². The Balaban J connectivity index is 2.58. The van der Waals surface area contributed by atoms with Gasteiger partial charge in [-0.15, -0.1) is 0 Å². The van der Waals surface area contributed by atoms with E-state index in [4.69, 9.17) is 16.7 Å². The number of rotatable bonds is 1. The zero-order chi connectivity index (χ0) is 10.3. The first kappa shape index (κ1) is 9.46. The van der Waals surface area contributed by atoms with Crippen LogP contribution in [0.4, 0.5) is 4.39 Å². The number of hydrogen-bond donors (Lipinski definition) is 1. The van der Waals surface area contributed by atoms with Crippen LogP contribution in [-0.4, -0.2) is 11.1 Å². The van der Waals surface area contributed by atoms with Crippen molar-refractivity contribution in [1.29, 1.82) is 0 Å². The summed E-state index contributed by atoms with van der Waals surface area (Å²) < 4.78 is 13.9. The van der Waals surface area contributed by atoms with Crippen LogP contribution in [0, 0.1) is 0 Å². The maximum absolute atomic E-state index is 13.9. The van der Waals surface area contributed by atoms with Gasteiger partial charge in [-0.05, 0) is 24.1 Å². The molecule has 0 amide bonds.